The number of hydrogen-bond donors (Lipinski definition) is 0. The van der Waals surface area contributed by atoms with Crippen molar-refractivity contribution in [2.45, 2.75) is 0 Å². The molecule has 0 fully saturated rings. The van der Waals surface area contributed by atoms with Crippen LogP contribution in [0.5, 0.6) is 0 Å². The van der Waals surface area contributed by atoms with Crippen molar-refractivity contribution in [3.63, 3.8) is 0 Å². The largest absolute Gasteiger partial charge is 0.208 e. The van der Waals surface area contributed by atoms with Gasteiger partial charge in [-0.05, 0) is 77.5 Å². The molecule has 9 aromatic carbocycles. The highest BCUT2D eigenvalue weighted by Crippen LogP contribution is 2.39. The van der Waals surface area contributed by atoms with Crippen LogP contribution in [0.15, 0.2) is 188 Å². The van der Waals surface area contributed by atoms with Crippen LogP contribution in [0.25, 0.3) is 99.5 Å². The minimum Gasteiger partial charge on any atom is -0.208 e. The van der Waals surface area contributed by atoms with Crippen LogP contribution in [0.4, 0.5) is 0 Å². The van der Waals surface area contributed by atoms with E-state index in [1.165, 1.54) is 54.4 Å². The van der Waals surface area contributed by atoms with Gasteiger partial charge in [-0.3, -0.25) is 0 Å². The first-order valence-corrected chi connectivity index (χ1v) is 17.6. The van der Waals surface area contributed by atoms with Gasteiger partial charge in [-0.25, -0.2) is 15.0 Å². The molecule has 3 heteroatoms. The molecule has 0 atom stereocenters. The zero-order valence-corrected chi connectivity index (χ0v) is 28.2. The van der Waals surface area contributed by atoms with Crippen LogP contribution in [-0.4, -0.2) is 15.0 Å². The van der Waals surface area contributed by atoms with Gasteiger partial charge in [-0.2, -0.15) is 0 Å². The summed E-state index contributed by atoms with van der Waals surface area (Å²) in [4.78, 5) is 15.0. The van der Waals surface area contributed by atoms with E-state index in [0.717, 1.165) is 27.6 Å². The summed E-state index contributed by atoms with van der Waals surface area (Å²) in [6, 6.07) is 66.6. The summed E-state index contributed by atoms with van der Waals surface area (Å²) in [6.07, 6.45) is 0. The van der Waals surface area contributed by atoms with E-state index in [0.29, 0.717) is 17.5 Å². The molecule has 0 aliphatic heterocycles. The quantitative estimate of drug-likeness (QED) is 0.172. The topological polar surface area (TPSA) is 38.7 Å². The minimum atomic E-state index is 0.646. The fourth-order valence-electron chi connectivity index (χ4n) is 7.45. The van der Waals surface area contributed by atoms with E-state index in [4.69, 9.17) is 15.0 Å². The highest BCUT2D eigenvalue weighted by atomic mass is 15.0. The summed E-state index contributed by atoms with van der Waals surface area (Å²) in [5.41, 5.74) is 7.63. The van der Waals surface area contributed by atoms with Gasteiger partial charge in [0.05, 0.1) is 0 Å². The van der Waals surface area contributed by atoms with Crippen molar-refractivity contribution in [2.24, 2.45) is 0 Å². The Morgan fingerprint density at radius 3 is 1.46 bits per heavy atom. The van der Waals surface area contributed by atoms with Crippen molar-refractivity contribution in [1.82, 2.24) is 15.0 Å². The lowest BCUT2D eigenvalue weighted by Crippen LogP contribution is -2.00. The molecule has 0 aliphatic carbocycles. The van der Waals surface area contributed by atoms with Gasteiger partial charge in [0, 0.05) is 16.7 Å². The smallest absolute Gasteiger partial charge is 0.164 e. The molecule has 0 aliphatic rings. The molecule has 1 heterocycles. The third-order valence-corrected chi connectivity index (χ3v) is 10.1. The highest BCUT2D eigenvalue weighted by molar-refractivity contribution is 6.24. The molecule has 0 N–H and O–H groups in total. The Hall–Kier alpha value is -6.97. The Labute approximate surface area is 301 Å². The van der Waals surface area contributed by atoms with Gasteiger partial charge in [-0.1, -0.05) is 176 Å². The van der Waals surface area contributed by atoms with Gasteiger partial charge in [-0.15, -0.1) is 0 Å². The molecule has 0 spiro atoms. The molecule has 10 rings (SSSR count). The van der Waals surface area contributed by atoms with Crippen molar-refractivity contribution >= 4 is 43.1 Å². The molecule has 0 saturated carbocycles. The average Bonchev–Trinajstić information content (AvgIpc) is 3.23. The van der Waals surface area contributed by atoms with E-state index in [1.807, 2.05) is 30.3 Å². The van der Waals surface area contributed by atoms with Crippen LogP contribution in [0.1, 0.15) is 0 Å². The van der Waals surface area contributed by atoms with Crippen LogP contribution in [0, 0.1) is 0 Å². The average molecular weight is 662 g/mol. The fraction of sp³-hybridized carbons (Fsp3) is 0. The third-order valence-electron chi connectivity index (χ3n) is 10.1. The molecule has 1 aromatic heterocycles. The lowest BCUT2D eigenvalue weighted by atomic mass is 9.90. The first-order chi connectivity index (χ1) is 25.7. The zero-order chi connectivity index (χ0) is 34.4. The lowest BCUT2D eigenvalue weighted by Gasteiger charge is -2.14. The summed E-state index contributed by atoms with van der Waals surface area (Å²) >= 11 is 0. The van der Waals surface area contributed by atoms with E-state index in [2.05, 4.69) is 158 Å². The van der Waals surface area contributed by atoms with E-state index >= 15 is 0 Å². The van der Waals surface area contributed by atoms with Crippen LogP contribution in [0.2, 0.25) is 0 Å². The fourth-order valence-corrected chi connectivity index (χ4v) is 7.45. The number of benzene rings is 9. The normalized spacial score (nSPS) is 11.5. The molecule has 0 radical (unpaired) electrons. The van der Waals surface area contributed by atoms with Crippen molar-refractivity contribution in [3.05, 3.63) is 188 Å². The second-order valence-corrected chi connectivity index (χ2v) is 13.2. The summed E-state index contributed by atoms with van der Waals surface area (Å²) in [6.45, 7) is 0. The molecule has 0 unspecified atom stereocenters. The summed E-state index contributed by atoms with van der Waals surface area (Å²) in [7, 11) is 0. The predicted octanol–water partition coefficient (Wildman–Crippen LogP) is 12.8. The van der Waals surface area contributed by atoms with Crippen molar-refractivity contribution in [2.75, 3.05) is 0 Å². The molecule has 10 aromatic rings. The summed E-state index contributed by atoms with van der Waals surface area (Å²) < 4.78 is 0. The molecular formula is C49H31N3. The Morgan fingerprint density at radius 1 is 0.250 bits per heavy atom. The Kier molecular flexibility index (Phi) is 7.14. The lowest BCUT2D eigenvalue weighted by molar-refractivity contribution is 1.07. The van der Waals surface area contributed by atoms with Gasteiger partial charge < -0.3 is 0 Å². The third kappa shape index (κ3) is 5.28. The van der Waals surface area contributed by atoms with Crippen LogP contribution in [0.3, 0.4) is 0 Å². The molecular weight excluding hydrogens is 631 g/mol. The van der Waals surface area contributed by atoms with E-state index in [9.17, 15) is 0 Å². The van der Waals surface area contributed by atoms with Crippen LogP contribution in [-0.2, 0) is 0 Å². The Morgan fingerprint density at radius 2 is 0.731 bits per heavy atom. The van der Waals surface area contributed by atoms with E-state index in [-0.39, 0.29) is 0 Å². The molecule has 0 saturated heterocycles. The number of aromatic nitrogens is 3. The summed E-state index contributed by atoms with van der Waals surface area (Å²) in [5, 5.41) is 9.86. The second kappa shape index (κ2) is 12.4. The SMILES string of the molecule is c1ccc(-c2nc(-c3ccc(-c4ccc5ccc6ccc7cccc(-c8ccccc8)c7c6c5c4)cc3)nc(-c3ccc4ccccc4c3)n2)cc1. The minimum absolute atomic E-state index is 0.646. The van der Waals surface area contributed by atoms with Gasteiger partial charge in [0.2, 0.25) is 0 Å². The van der Waals surface area contributed by atoms with E-state index < -0.39 is 0 Å². The maximum absolute atomic E-state index is 5.02. The Bertz CT molecular complexity index is 2930. The monoisotopic (exact) mass is 661 g/mol. The number of fused-ring (bicyclic) bond motifs is 6. The molecule has 3 nitrogen and oxygen atoms in total. The van der Waals surface area contributed by atoms with E-state index in [1.54, 1.807) is 0 Å². The summed E-state index contributed by atoms with van der Waals surface area (Å²) in [5.74, 6) is 1.96. The Balaban J connectivity index is 1.09. The van der Waals surface area contributed by atoms with Crippen LogP contribution < -0.4 is 0 Å². The van der Waals surface area contributed by atoms with Gasteiger partial charge in [0.1, 0.15) is 0 Å². The molecule has 0 amide bonds. The van der Waals surface area contributed by atoms with Crippen molar-refractivity contribution in [3.8, 4) is 56.4 Å². The number of hydrogen-bond acceptors (Lipinski definition) is 3. The van der Waals surface area contributed by atoms with Crippen molar-refractivity contribution in [1.29, 1.82) is 0 Å². The van der Waals surface area contributed by atoms with Crippen LogP contribution >= 0.6 is 0 Å². The number of nitrogens with zero attached hydrogens (tertiary/aromatic N) is 3. The maximum atomic E-state index is 5.02. The van der Waals surface area contributed by atoms with Gasteiger partial charge >= 0.3 is 0 Å². The first kappa shape index (κ1) is 29.9. The molecule has 0 bridgehead atoms. The highest BCUT2D eigenvalue weighted by Gasteiger charge is 2.15. The van der Waals surface area contributed by atoms with Crippen molar-refractivity contribution < 1.29 is 0 Å². The number of rotatable bonds is 5. The molecule has 242 valence electrons. The maximum Gasteiger partial charge on any atom is 0.164 e. The predicted molar refractivity (Wildman–Crippen MR) is 217 cm³/mol. The zero-order valence-electron chi connectivity index (χ0n) is 28.2. The standard InChI is InChI=1S/C49H31N3/c1-3-11-34(12-4-1)43-17-9-16-36-24-25-37-23-21-35-22-28-41(31-44(35)46(37)45(36)43)33-18-26-39(27-19-33)48-50-47(38-13-5-2-6-14-38)51-49(52-48)42-29-20-32-10-7-8-15-40(32)30-42/h1-31H. The first-order valence-electron chi connectivity index (χ1n) is 17.6. The van der Waals surface area contributed by atoms with Gasteiger partial charge in [0.15, 0.2) is 17.5 Å². The molecule has 52 heavy (non-hydrogen) atoms. The second-order valence-electron chi connectivity index (χ2n) is 13.2. The van der Waals surface area contributed by atoms with Gasteiger partial charge in [0.25, 0.3) is 0 Å².